The summed E-state index contributed by atoms with van der Waals surface area (Å²) in [4.78, 5) is 26.7. The standard InChI is InChI=1S/C23H29NO4/c1-4-21(28-20-13-9-10-18(3)16-20)23(26)24(15-14-22(25)27-5-2)17-19-11-7-6-8-12-19/h6-13,16,21H,4-5,14-15,17H2,1-3H3. The third-order valence-corrected chi connectivity index (χ3v) is 4.33. The van der Waals surface area contributed by atoms with Crippen molar-refractivity contribution in [2.45, 2.75) is 46.3 Å². The lowest BCUT2D eigenvalue weighted by Crippen LogP contribution is -2.42. The zero-order valence-electron chi connectivity index (χ0n) is 16.9. The quantitative estimate of drug-likeness (QED) is 0.579. The van der Waals surface area contributed by atoms with Crippen LogP contribution in [-0.2, 0) is 20.9 Å². The summed E-state index contributed by atoms with van der Waals surface area (Å²) >= 11 is 0. The minimum atomic E-state index is -0.604. The lowest BCUT2D eigenvalue weighted by Gasteiger charge is -2.27. The van der Waals surface area contributed by atoms with Gasteiger partial charge in [0.2, 0.25) is 0 Å². The summed E-state index contributed by atoms with van der Waals surface area (Å²) in [7, 11) is 0. The summed E-state index contributed by atoms with van der Waals surface area (Å²) in [5.41, 5.74) is 2.08. The molecule has 0 N–H and O–H groups in total. The summed E-state index contributed by atoms with van der Waals surface area (Å²) < 4.78 is 11.0. The highest BCUT2D eigenvalue weighted by atomic mass is 16.5. The number of ether oxygens (including phenoxy) is 2. The molecule has 1 atom stereocenters. The maximum absolute atomic E-state index is 13.2. The molecule has 1 unspecified atom stereocenters. The topological polar surface area (TPSA) is 55.8 Å². The van der Waals surface area contributed by atoms with Crippen LogP contribution in [0.2, 0.25) is 0 Å². The summed E-state index contributed by atoms with van der Waals surface area (Å²) in [5, 5.41) is 0. The normalized spacial score (nSPS) is 11.5. The van der Waals surface area contributed by atoms with Crippen molar-refractivity contribution in [1.29, 1.82) is 0 Å². The minimum absolute atomic E-state index is 0.128. The molecule has 0 heterocycles. The molecule has 0 aliphatic heterocycles. The molecule has 0 radical (unpaired) electrons. The molecule has 5 heteroatoms. The van der Waals surface area contributed by atoms with Gasteiger partial charge in [0.15, 0.2) is 6.10 Å². The van der Waals surface area contributed by atoms with Crippen LogP contribution in [0.5, 0.6) is 5.75 Å². The molecule has 0 aliphatic rings. The second kappa shape index (κ2) is 11.1. The van der Waals surface area contributed by atoms with E-state index in [1.165, 1.54) is 0 Å². The lowest BCUT2D eigenvalue weighted by atomic mass is 10.1. The van der Waals surface area contributed by atoms with Crippen molar-refractivity contribution < 1.29 is 19.1 Å². The van der Waals surface area contributed by atoms with E-state index in [1.807, 2.05) is 68.4 Å². The molecule has 1 amide bonds. The third-order valence-electron chi connectivity index (χ3n) is 4.33. The molecule has 28 heavy (non-hydrogen) atoms. The average molecular weight is 383 g/mol. The van der Waals surface area contributed by atoms with Crippen molar-refractivity contribution >= 4 is 11.9 Å². The van der Waals surface area contributed by atoms with Crippen molar-refractivity contribution in [1.82, 2.24) is 4.90 Å². The molecule has 0 saturated carbocycles. The Hall–Kier alpha value is -2.82. The van der Waals surface area contributed by atoms with Gasteiger partial charge in [0.25, 0.3) is 5.91 Å². The molecular formula is C23H29NO4. The fourth-order valence-electron chi connectivity index (χ4n) is 2.90. The van der Waals surface area contributed by atoms with E-state index in [9.17, 15) is 9.59 Å². The van der Waals surface area contributed by atoms with Gasteiger partial charge in [-0.25, -0.2) is 0 Å². The van der Waals surface area contributed by atoms with E-state index in [-0.39, 0.29) is 18.3 Å². The number of amides is 1. The summed E-state index contributed by atoms with van der Waals surface area (Å²) in [5.74, 6) is 0.239. The Morgan fingerprint density at radius 3 is 2.43 bits per heavy atom. The number of rotatable bonds is 10. The Bertz CT molecular complexity index is 760. The first-order valence-electron chi connectivity index (χ1n) is 9.75. The molecule has 5 nitrogen and oxygen atoms in total. The number of aryl methyl sites for hydroxylation is 1. The number of carbonyl (C=O) groups excluding carboxylic acids is 2. The molecule has 2 aromatic rings. The van der Waals surface area contributed by atoms with Crippen LogP contribution in [0.4, 0.5) is 0 Å². The number of carbonyl (C=O) groups is 2. The third kappa shape index (κ3) is 6.72. The van der Waals surface area contributed by atoms with Gasteiger partial charge in [-0.15, -0.1) is 0 Å². The van der Waals surface area contributed by atoms with Gasteiger partial charge in [-0.2, -0.15) is 0 Å². The van der Waals surface area contributed by atoms with Gasteiger partial charge < -0.3 is 14.4 Å². The average Bonchev–Trinajstić information content (AvgIpc) is 2.70. The number of hydrogen-bond donors (Lipinski definition) is 0. The van der Waals surface area contributed by atoms with Crippen molar-refractivity contribution in [3.63, 3.8) is 0 Å². The van der Waals surface area contributed by atoms with Crippen molar-refractivity contribution in [2.75, 3.05) is 13.2 Å². The molecule has 0 fully saturated rings. The van der Waals surface area contributed by atoms with E-state index in [0.717, 1.165) is 11.1 Å². The maximum Gasteiger partial charge on any atom is 0.307 e. The second-order valence-corrected chi connectivity index (χ2v) is 6.63. The van der Waals surface area contributed by atoms with Crippen LogP contribution in [0.25, 0.3) is 0 Å². The molecule has 0 spiro atoms. The SMILES string of the molecule is CCOC(=O)CCN(Cc1ccccc1)C(=O)C(CC)Oc1cccc(C)c1. The van der Waals surface area contributed by atoms with Gasteiger partial charge >= 0.3 is 5.97 Å². The van der Waals surface area contributed by atoms with Crippen molar-refractivity contribution in [3.8, 4) is 5.75 Å². The minimum Gasteiger partial charge on any atom is -0.481 e. The Morgan fingerprint density at radius 1 is 1.04 bits per heavy atom. The van der Waals surface area contributed by atoms with Crippen LogP contribution in [0.15, 0.2) is 54.6 Å². The highest BCUT2D eigenvalue weighted by Crippen LogP contribution is 2.18. The van der Waals surface area contributed by atoms with E-state index < -0.39 is 6.10 Å². The lowest BCUT2D eigenvalue weighted by molar-refractivity contribution is -0.145. The largest absolute Gasteiger partial charge is 0.481 e. The zero-order chi connectivity index (χ0) is 20.4. The fourth-order valence-corrected chi connectivity index (χ4v) is 2.90. The first kappa shape index (κ1) is 21.5. The molecule has 0 aliphatic carbocycles. The summed E-state index contributed by atoms with van der Waals surface area (Å²) in [6.07, 6.45) is 0.0952. The number of benzene rings is 2. The smallest absolute Gasteiger partial charge is 0.307 e. The second-order valence-electron chi connectivity index (χ2n) is 6.63. The van der Waals surface area contributed by atoms with Gasteiger partial charge in [0.05, 0.1) is 13.0 Å². The maximum atomic E-state index is 13.2. The van der Waals surface area contributed by atoms with Crippen LogP contribution in [0.3, 0.4) is 0 Å². The van der Waals surface area contributed by atoms with Gasteiger partial charge in [-0.3, -0.25) is 9.59 Å². The molecule has 0 bridgehead atoms. The van der Waals surface area contributed by atoms with Gasteiger partial charge in [-0.05, 0) is 43.5 Å². The molecule has 2 rings (SSSR count). The van der Waals surface area contributed by atoms with Crippen LogP contribution < -0.4 is 4.74 Å². The number of nitrogens with zero attached hydrogens (tertiary/aromatic N) is 1. The first-order valence-corrected chi connectivity index (χ1v) is 9.75. The van der Waals surface area contributed by atoms with Crippen molar-refractivity contribution in [2.24, 2.45) is 0 Å². The first-order chi connectivity index (χ1) is 13.5. The van der Waals surface area contributed by atoms with Crippen LogP contribution in [-0.4, -0.2) is 36.0 Å². The van der Waals surface area contributed by atoms with E-state index in [1.54, 1.807) is 11.8 Å². The molecule has 0 saturated heterocycles. The number of esters is 1. The van der Waals surface area contributed by atoms with Gasteiger partial charge in [0.1, 0.15) is 5.75 Å². The van der Waals surface area contributed by atoms with E-state index in [0.29, 0.717) is 31.9 Å². The highest BCUT2D eigenvalue weighted by Gasteiger charge is 2.25. The molecular weight excluding hydrogens is 354 g/mol. The zero-order valence-corrected chi connectivity index (χ0v) is 16.9. The Balaban J connectivity index is 2.13. The van der Waals surface area contributed by atoms with Crippen LogP contribution in [0, 0.1) is 6.92 Å². The van der Waals surface area contributed by atoms with Gasteiger partial charge in [0, 0.05) is 13.1 Å². The number of hydrogen-bond acceptors (Lipinski definition) is 4. The van der Waals surface area contributed by atoms with Gasteiger partial charge in [-0.1, -0.05) is 49.4 Å². The Labute approximate surface area is 167 Å². The van der Waals surface area contributed by atoms with E-state index >= 15 is 0 Å². The molecule has 150 valence electrons. The fraction of sp³-hybridized carbons (Fsp3) is 0.391. The summed E-state index contributed by atoms with van der Waals surface area (Å²) in [6.45, 7) is 6.72. The predicted octanol–water partition coefficient (Wildman–Crippen LogP) is 4.13. The monoisotopic (exact) mass is 383 g/mol. The van der Waals surface area contributed by atoms with E-state index in [4.69, 9.17) is 9.47 Å². The van der Waals surface area contributed by atoms with Crippen molar-refractivity contribution in [3.05, 3.63) is 65.7 Å². The predicted molar refractivity (Wildman–Crippen MR) is 109 cm³/mol. The molecule has 0 aromatic heterocycles. The van der Waals surface area contributed by atoms with E-state index in [2.05, 4.69) is 0 Å². The molecule has 2 aromatic carbocycles. The Kier molecular flexibility index (Phi) is 8.53. The van der Waals surface area contributed by atoms with Crippen LogP contribution >= 0.6 is 0 Å². The highest BCUT2D eigenvalue weighted by molar-refractivity contribution is 5.82. The van der Waals surface area contributed by atoms with Crippen LogP contribution in [0.1, 0.15) is 37.8 Å². The Morgan fingerprint density at radius 2 is 1.79 bits per heavy atom. The summed E-state index contributed by atoms with van der Waals surface area (Å²) in [6, 6.07) is 17.4.